The number of ether oxygens (including phenoxy) is 1. The maximum absolute atomic E-state index is 12.9. The minimum atomic E-state index is -0.638. The van der Waals surface area contributed by atoms with Gasteiger partial charge in [-0.05, 0) is 54.4 Å². The number of carbonyl (C=O) groups is 3. The fourth-order valence-electron chi connectivity index (χ4n) is 2.43. The summed E-state index contributed by atoms with van der Waals surface area (Å²) >= 11 is 0. The van der Waals surface area contributed by atoms with Crippen molar-refractivity contribution >= 4 is 17.5 Å². The molecule has 0 spiro atoms. The smallest absolute Gasteiger partial charge is 0.311 e. The van der Waals surface area contributed by atoms with Gasteiger partial charge in [0.1, 0.15) is 5.60 Å². The molecule has 26 heavy (non-hydrogen) atoms. The monoisotopic (exact) mass is 360 g/mol. The number of carbonyl (C=O) groups excluding carboxylic acids is 3. The van der Waals surface area contributed by atoms with E-state index >= 15 is 0 Å². The third-order valence-electron chi connectivity index (χ3n) is 4.50. The Morgan fingerprint density at radius 1 is 0.808 bits per heavy atom. The van der Waals surface area contributed by atoms with Gasteiger partial charge in [0.25, 0.3) is 0 Å². The van der Waals surface area contributed by atoms with Crippen LogP contribution in [0.25, 0.3) is 0 Å². The molecule has 0 heterocycles. The van der Waals surface area contributed by atoms with Crippen LogP contribution < -0.4 is 0 Å². The molecule has 1 aromatic rings. The van der Waals surface area contributed by atoms with E-state index in [-0.39, 0.29) is 17.5 Å². The number of hydrogen-bond donors (Lipinski definition) is 0. The van der Waals surface area contributed by atoms with Crippen LogP contribution >= 0.6 is 0 Å². The molecule has 0 unspecified atom stereocenters. The SMILES string of the molecule is CC(=O)c1ccc(C(=O)C(C)(C)CCC(C)(C)OC(=O)C(C)(C)C)cc1. The van der Waals surface area contributed by atoms with Crippen LogP contribution in [0.1, 0.15) is 88.9 Å². The molecular formula is C22H32O4. The van der Waals surface area contributed by atoms with Gasteiger partial charge in [0.05, 0.1) is 5.41 Å². The number of hydrogen-bond acceptors (Lipinski definition) is 4. The fraction of sp³-hybridized carbons (Fsp3) is 0.591. The zero-order valence-electron chi connectivity index (χ0n) is 17.4. The van der Waals surface area contributed by atoms with Gasteiger partial charge in [-0.1, -0.05) is 38.1 Å². The molecule has 4 heteroatoms. The molecule has 0 amide bonds. The maximum atomic E-state index is 12.9. The highest BCUT2D eigenvalue weighted by Crippen LogP contribution is 2.32. The first kappa shape index (κ1) is 22.1. The van der Waals surface area contributed by atoms with Crippen LogP contribution in [0.15, 0.2) is 24.3 Å². The van der Waals surface area contributed by atoms with Gasteiger partial charge in [0.15, 0.2) is 11.6 Å². The van der Waals surface area contributed by atoms with Crippen LogP contribution in [-0.4, -0.2) is 23.1 Å². The van der Waals surface area contributed by atoms with Crippen molar-refractivity contribution in [3.8, 4) is 0 Å². The van der Waals surface area contributed by atoms with Crippen LogP contribution in [0.5, 0.6) is 0 Å². The summed E-state index contributed by atoms with van der Waals surface area (Å²) in [5, 5.41) is 0. The molecular weight excluding hydrogens is 328 g/mol. The highest BCUT2D eigenvalue weighted by molar-refractivity contribution is 6.01. The first-order valence-corrected chi connectivity index (χ1v) is 9.05. The van der Waals surface area contributed by atoms with E-state index in [0.29, 0.717) is 24.0 Å². The van der Waals surface area contributed by atoms with Crippen LogP contribution in [0.3, 0.4) is 0 Å². The Labute approximate surface area is 157 Å². The van der Waals surface area contributed by atoms with E-state index in [0.717, 1.165) is 0 Å². The van der Waals surface area contributed by atoms with Crippen LogP contribution in [0, 0.1) is 10.8 Å². The summed E-state index contributed by atoms with van der Waals surface area (Å²) in [5.74, 6) is -0.248. The molecule has 0 aliphatic rings. The lowest BCUT2D eigenvalue weighted by Gasteiger charge is -2.32. The lowest BCUT2D eigenvalue weighted by atomic mass is 9.78. The minimum Gasteiger partial charge on any atom is -0.459 e. The molecule has 0 saturated carbocycles. The van der Waals surface area contributed by atoms with Gasteiger partial charge in [-0.15, -0.1) is 0 Å². The summed E-state index contributed by atoms with van der Waals surface area (Å²) in [5.41, 5.74) is -0.607. The van der Waals surface area contributed by atoms with E-state index in [1.807, 2.05) is 48.5 Å². The molecule has 0 bridgehead atoms. The van der Waals surface area contributed by atoms with E-state index < -0.39 is 16.4 Å². The second kappa shape index (κ2) is 7.73. The van der Waals surface area contributed by atoms with Gasteiger partial charge in [-0.3, -0.25) is 14.4 Å². The Morgan fingerprint density at radius 3 is 1.69 bits per heavy atom. The number of ketones is 2. The van der Waals surface area contributed by atoms with E-state index in [2.05, 4.69) is 0 Å². The zero-order chi connectivity index (χ0) is 20.3. The molecule has 0 aromatic heterocycles. The second-order valence-electron chi connectivity index (χ2n) is 9.25. The van der Waals surface area contributed by atoms with Gasteiger partial charge in [-0.25, -0.2) is 0 Å². The van der Waals surface area contributed by atoms with Crippen LogP contribution in [-0.2, 0) is 9.53 Å². The zero-order valence-corrected chi connectivity index (χ0v) is 17.4. The molecule has 0 N–H and O–H groups in total. The number of esters is 1. The minimum absolute atomic E-state index is 0.0190. The van der Waals surface area contributed by atoms with Crippen LogP contribution in [0.2, 0.25) is 0 Å². The number of benzene rings is 1. The van der Waals surface area contributed by atoms with E-state index in [4.69, 9.17) is 4.74 Å². The first-order chi connectivity index (χ1) is 11.7. The topological polar surface area (TPSA) is 60.4 Å². The summed E-state index contributed by atoms with van der Waals surface area (Å²) in [6.45, 7) is 14.5. The van der Waals surface area contributed by atoms with E-state index in [9.17, 15) is 14.4 Å². The summed E-state index contributed by atoms with van der Waals surface area (Å²) in [6, 6.07) is 6.76. The average molecular weight is 360 g/mol. The molecule has 0 aliphatic heterocycles. The summed E-state index contributed by atoms with van der Waals surface area (Å²) in [4.78, 5) is 36.4. The molecule has 4 nitrogen and oxygen atoms in total. The van der Waals surface area contributed by atoms with Gasteiger partial charge < -0.3 is 4.74 Å². The van der Waals surface area contributed by atoms with Crippen molar-refractivity contribution < 1.29 is 19.1 Å². The van der Waals surface area contributed by atoms with Gasteiger partial charge in [0.2, 0.25) is 0 Å². The van der Waals surface area contributed by atoms with E-state index in [1.165, 1.54) is 6.92 Å². The van der Waals surface area contributed by atoms with Gasteiger partial charge in [-0.2, -0.15) is 0 Å². The van der Waals surface area contributed by atoms with Crippen molar-refractivity contribution in [3.63, 3.8) is 0 Å². The summed E-state index contributed by atoms with van der Waals surface area (Å²) in [7, 11) is 0. The molecule has 1 rings (SSSR count). The van der Waals surface area contributed by atoms with Crippen molar-refractivity contribution in [3.05, 3.63) is 35.4 Å². The Hall–Kier alpha value is -1.97. The van der Waals surface area contributed by atoms with Gasteiger partial charge in [0, 0.05) is 16.5 Å². The largest absolute Gasteiger partial charge is 0.459 e. The van der Waals surface area contributed by atoms with Gasteiger partial charge >= 0.3 is 5.97 Å². The third-order valence-corrected chi connectivity index (χ3v) is 4.50. The highest BCUT2D eigenvalue weighted by atomic mass is 16.6. The Morgan fingerprint density at radius 2 is 1.27 bits per heavy atom. The van der Waals surface area contributed by atoms with Crippen molar-refractivity contribution in [2.24, 2.45) is 10.8 Å². The molecule has 0 radical (unpaired) electrons. The number of Topliss-reactive ketones (excluding diaryl/α,β-unsaturated/α-hetero) is 2. The Balaban J connectivity index is 2.79. The highest BCUT2D eigenvalue weighted by Gasteiger charge is 2.34. The summed E-state index contributed by atoms with van der Waals surface area (Å²) in [6.07, 6.45) is 1.17. The quantitative estimate of drug-likeness (QED) is 0.492. The lowest BCUT2D eigenvalue weighted by Crippen LogP contribution is -2.36. The Bertz CT molecular complexity index is 673. The predicted molar refractivity (Wildman–Crippen MR) is 103 cm³/mol. The number of rotatable bonds is 7. The normalized spacial score (nSPS) is 12.6. The Kier molecular flexibility index (Phi) is 6.56. The summed E-state index contributed by atoms with van der Waals surface area (Å²) < 4.78 is 5.64. The van der Waals surface area contributed by atoms with Crippen molar-refractivity contribution in [1.29, 1.82) is 0 Å². The van der Waals surface area contributed by atoms with E-state index in [1.54, 1.807) is 24.3 Å². The third kappa shape index (κ3) is 6.08. The standard InChI is InChI=1S/C22H32O4/c1-15(23)16-9-11-17(12-10-16)18(24)21(5,6)13-14-22(7,8)26-19(25)20(2,3)4/h9-12H,13-14H2,1-8H3. The predicted octanol–water partition coefficient (Wildman–Crippen LogP) is 5.25. The van der Waals surface area contributed by atoms with Crippen molar-refractivity contribution in [2.75, 3.05) is 0 Å². The molecule has 144 valence electrons. The van der Waals surface area contributed by atoms with Crippen molar-refractivity contribution in [2.45, 2.75) is 73.8 Å². The molecule has 0 fully saturated rings. The lowest BCUT2D eigenvalue weighted by molar-refractivity contribution is -0.167. The average Bonchev–Trinajstić information content (AvgIpc) is 2.51. The van der Waals surface area contributed by atoms with Crippen molar-refractivity contribution in [1.82, 2.24) is 0 Å². The molecule has 1 aromatic carbocycles. The first-order valence-electron chi connectivity index (χ1n) is 9.05. The second-order valence-corrected chi connectivity index (χ2v) is 9.25. The molecule has 0 atom stereocenters. The maximum Gasteiger partial charge on any atom is 0.311 e. The molecule has 0 saturated heterocycles. The molecule has 0 aliphatic carbocycles. The fourth-order valence-corrected chi connectivity index (χ4v) is 2.43. The van der Waals surface area contributed by atoms with Crippen LogP contribution in [0.4, 0.5) is 0 Å².